The van der Waals surface area contributed by atoms with Gasteiger partial charge < -0.3 is 9.47 Å². The van der Waals surface area contributed by atoms with Crippen LogP contribution < -0.4 is 0 Å². The minimum absolute atomic E-state index is 0.343. The van der Waals surface area contributed by atoms with Crippen LogP contribution in [0, 0.1) is 0 Å². The molecule has 1 rings (SSSR count). The van der Waals surface area contributed by atoms with Crippen LogP contribution in [0.3, 0.4) is 0 Å². The number of aromatic nitrogens is 2. The molecule has 88 valence electrons. The number of carbonyl (C=O) groups excluding carboxylic acids is 1. The third-order valence-corrected chi connectivity index (χ3v) is 2.02. The number of aryl methyl sites for hydroxylation is 1. The zero-order valence-electron chi connectivity index (χ0n) is 9.82. The van der Waals surface area contributed by atoms with Gasteiger partial charge >= 0.3 is 5.97 Å². The molecule has 0 amide bonds. The molecule has 0 aliphatic rings. The zero-order chi connectivity index (χ0) is 12.0. The highest BCUT2D eigenvalue weighted by Crippen LogP contribution is 2.08. The van der Waals surface area contributed by atoms with Gasteiger partial charge in [-0.25, -0.2) is 14.8 Å². The molecule has 0 aliphatic carbocycles. The molecule has 1 aromatic rings. The second kappa shape index (κ2) is 6.17. The third-order valence-electron chi connectivity index (χ3n) is 2.02. The topological polar surface area (TPSA) is 61.3 Å². The Hall–Kier alpha value is -1.49. The van der Waals surface area contributed by atoms with Crippen molar-refractivity contribution in [3.8, 4) is 0 Å². The first-order chi connectivity index (χ1) is 7.72. The van der Waals surface area contributed by atoms with Gasteiger partial charge in [-0.15, -0.1) is 0 Å². The van der Waals surface area contributed by atoms with Crippen molar-refractivity contribution >= 4 is 5.97 Å². The van der Waals surface area contributed by atoms with E-state index in [1.54, 1.807) is 14.0 Å². The summed E-state index contributed by atoms with van der Waals surface area (Å²) >= 11 is 0. The van der Waals surface area contributed by atoms with E-state index in [9.17, 15) is 4.79 Å². The van der Waals surface area contributed by atoms with Crippen LogP contribution in [-0.4, -0.2) is 29.7 Å². The number of ether oxygens (including phenoxy) is 2. The van der Waals surface area contributed by atoms with Crippen molar-refractivity contribution in [1.82, 2.24) is 9.97 Å². The zero-order valence-corrected chi connectivity index (χ0v) is 9.82. The summed E-state index contributed by atoms with van der Waals surface area (Å²) in [6.07, 6.45) is 2.16. The van der Waals surface area contributed by atoms with Gasteiger partial charge in [0.15, 0.2) is 5.82 Å². The molecule has 5 heteroatoms. The van der Waals surface area contributed by atoms with Gasteiger partial charge in [-0.3, -0.25) is 0 Å². The maximum Gasteiger partial charge on any atom is 0.341 e. The summed E-state index contributed by atoms with van der Waals surface area (Å²) < 4.78 is 9.85. The van der Waals surface area contributed by atoms with E-state index in [0.717, 1.165) is 0 Å². The Morgan fingerprint density at radius 3 is 2.75 bits per heavy atom. The molecular weight excluding hydrogens is 208 g/mol. The molecule has 0 fully saturated rings. The summed E-state index contributed by atoms with van der Waals surface area (Å²) in [5.74, 6) is 0.204. The highest BCUT2D eigenvalue weighted by atomic mass is 16.5. The van der Waals surface area contributed by atoms with Gasteiger partial charge in [0.2, 0.25) is 0 Å². The van der Waals surface area contributed by atoms with Crippen LogP contribution in [-0.2, 0) is 22.5 Å². The Bertz CT molecular complexity index is 366. The molecular formula is C11H16N2O3. The number of rotatable bonds is 5. The van der Waals surface area contributed by atoms with Crippen LogP contribution in [0.2, 0.25) is 0 Å². The molecule has 0 N–H and O–H groups in total. The molecule has 1 aromatic heterocycles. The maximum atomic E-state index is 11.6. The van der Waals surface area contributed by atoms with Gasteiger partial charge in [-0.05, 0) is 13.3 Å². The smallest absolute Gasteiger partial charge is 0.341 e. The van der Waals surface area contributed by atoms with Gasteiger partial charge in [0.05, 0.1) is 17.9 Å². The molecule has 0 spiro atoms. The summed E-state index contributed by atoms with van der Waals surface area (Å²) in [4.78, 5) is 19.9. The summed E-state index contributed by atoms with van der Waals surface area (Å²) in [5.41, 5.74) is 1.13. The van der Waals surface area contributed by atoms with Crippen LogP contribution in [0.5, 0.6) is 0 Å². The number of carbonyl (C=O) groups is 1. The fourth-order valence-electron chi connectivity index (χ4n) is 1.31. The SMILES string of the molecule is CCOC(=O)c1cnc(COC)nc1CC. The fourth-order valence-corrected chi connectivity index (χ4v) is 1.31. The van der Waals surface area contributed by atoms with Gasteiger partial charge in [0.25, 0.3) is 0 Å². The molecule has 0 radical (unpaired) electrons. The Balaban J connectivity index is 2.96. The molecule has 0 aromatic carbocycles. The van der Waals surface area contributed by atoms with Gasteiger partial charge in [-0.1, -0.05) is 6.92 Å². The van der Waals surface area contributed by atoms with Crippen molar-refractivity contribution in [3.63, 3.8) is 0 Å². The summed E-state index contributed by atoms with van der Waals surface area (Å²) in [7, 11) is 1.58. The van der Waals surface area contributed by atoms with E-state index in [1.165, 1.54) is 6.20 Å². The van der Waals surface area contributed by atoms with E-state index >= 15 is 0 Å². The summed E-state index contributed by atoms with van der Waals surface area (Å²) in [6, 6.07) is 0. The number of hydrogen-bond donors (Lipinski definition) is 0. The lowest BCUT2D eigenvalue weighted by atomic mass is 10.2. The predicted molar refractivity (Wildman–Crippen MR) is 58.1 cm³/mol. The molecule has 0 saturated carbocycles. The first kappa shape index (κ1) is 12.6. The van der Waals surface area contributed by atoms with Gasteiger partial charge in [-0.2, -0.15) is 0 Å². The lowest BCUT2D eigenvalue weighted by molar-refractivity contribution is 0.0523. The van der Waals surface area contributed by atoms with Crippen LogP contribution in [0.15, 0.2) is 6.20 Å². The Morgan fingerprint density at radius 1 is 1.44 bits per heavy atom. The second-order valence-electron chi connectivity index (χ2n) is 3.15. The summed E-state index contributed by atoms with van der Waals surface area (Å²) in [6.45, 7) is 4.39. The second-order valence-corrected chi connectivity index (χ2v) is 3.15. The molecule has 0 unspecified atom stereocenters. The third kappa shape index (κ3) is 3.00. The fraction of sp³-hybridized carbons (Fsp3) is 0.545. The van der Waals surface area contributed by atoms with Crippen LogP contribution >= 0.6 is 0 Å². The number of esters is 1. The largest absolute Gasteiger partial charge is 0.462 e. The number of nitrogens with zero attached hydrogens (tertiary/aromatic N) is 2. The van der Waals surface area contributed by atoms with Crippen LogP contribution in [0.1, 0.15) is 35.7 Å². The van der Waals surface area contributed by atoms with Gasteiger partial charge in [0.1, 0.15) is 6.61 Å². The van der Waals surface area contributed by atoms with E-state index in [-0.39, 0.29) is 5.97 Å². The summed E-state index contributed by atoms with van der Waals surface area (Å²) in [5, 5.41) is 0. The highest BCUT2D eigenvalue weighted by Gasteiger charge is 2.14. The molecule has 0 atom stereocenters. The van der Waals surface area contributed by atoms with Crippen molar-refractivity contribution < 1.29 is 14.3 Å². The standard InChI is InChI=1S/C11H16N2O3/c1-4-9-8(11(14)16-5-2)6-12-10(13-9)7-15-3/h6H,4-5,7H2,1-3H3. The minimum atomic E-state index is -0.372. The molecule has 1 heterocycles. The average molecular weight is 224 g/mol. The molecule has 0 saturated heterocycles. The van der Waals surface area contributed by atoms with Crippen LogP contribution in [0.25, 0.3) is 0 Å². The lowest BCUT2D eigenvalue weighted by Gasteiger charge is -2.07. The Morgan fingerprint density at radius 2 is 2.19 bits per heavy atom. The maximum absolute atomic E-state index is 11.6. The van der Waals surface area contributed by atoms with Crippen molar-refractivity contribution in [2.75, 3.05) is 13.7 Å². The molecule has 0 bridgehead atoms. The monoisotopic (exact) mass is 224 g/mol. The first-order valence-electron chi connectivity index (χ1n) is 5.23. The number of hydrogen-bond acceptors (Lipinski definition) is 5. The van der Waals surface area contributed by atoms with E-state index in [1.807, 2.05) is 6.92 Å². The Kier molecular flexibility index (Phi) is 4.85. The van der Waals surface area contributed by atoms with Crippen molar-refractivity contribution in [2.45, 2.75) is 26.9 Å². The Labute approximate surface area is 94.8 Å². The first-order valence-corrected chi connectivity index (χ1v) is 5.23. The molecule has 5 nitrogen and oxygen atoms in total. The van der Waals surface area contributed by atoms with E-state index < -0.39 is 0 Å². The average Bonchev–Trinajstić information content (AvgIpc) is 2.29. The number of methoxy groups -OCH3 is 1. The lowest BCUT2D eigenvalue weighted by Crippen LogP contribution is -2.12. The molecule has 0 aliphatic heterocycles. The quantitative estimate of drug-likeness (QED) is 0.707. The minimum Gasteiger partial charge on any atom is -0.462 e. The highest BCUT2D eigenvalue weighted by molar-refractivity contribution is 5.90. The molecule has 16 heavy (non-hydrogen) atoms. The van der Waals surface area contributed by atoms with Crippen molar-refractivity contribution in [3.05, 3.63) is 23.3 Å². The predicted octanol–water partition coefficient (Wildman–Crippen LogP) is 1.36. The normalized spacial score (nSPS) is 10.2. The van der Waals surface area contributed by atoms with Gasteiger partial charge in [0, 0.05) is 13.3 Å². The van der Waals surface area contributed by atoms with E-state index in [2.05, 4.69) is 9.97 Å². The van der Waals surface area contributed by atoms with Crippen molar-refractivity contribution in [1.29, 1.82) is 0 Å². The van der Waals surface area contributed by atoms with Crippen LogP contribution in [0.4, 0.5) is 0 Å². The van der Waals surface area contributed by atoms with E-state index in [4.69, 9.17) is 9.47 Å². The van der Waals surface area contributed by atoms with E-state index in [0.29, 0.717) is 36.7 Å². The van der Waals surface area contributed by atoms with Crippen molar-refractivity contribution in [2.24, 2.45) is 0 Å².